The third kappa shape index (κ3) is 5.90. The van der Waals surface area contributed by atoms with Crippen LogP contribution >= 0.6 is 11.6 Å². The third-order valence-corrected chi connectivity index (χ3v) is 11.9. The van der Waals surface area contributed by atoms with E-state index in [4.69, 9.17) is 16.2 Å². The molecule has 0 aliphatic heterocycles. The molecule has 0 aromatic heterocycles. The van der Waals surface area contributed by atoms with E-state index in [1.54, 1.807) is 0 Å². The molecule has 0 aliphatic carbocycles. The number of hydrogen-bond acceptors (Lipinski definition) is 8. The van der Waals surface area contributed by atoms with Crippen molar-refractivity contribution in [1.29, 1.82) is 0 Å². The lowest BCUT2D eigenvalue weighted by atomic mass is 9.98. The second-order valence-electron chi connectivity index (χ2n) is 8.45. The molecule has 2 aromatic carbocycles. The van der Waals surface area contributed by atoms with Crippen LogP contribution in [-0.4, -0.2) is 72.4 Å². The van der Waals surface area contributed by atoms with Crippen molar-refractivity contribution in [2.75, 3.05) is 0 Å². The molecule has 0 unspecified atom stereocenters. The maximum absolute atomic E-state index is 14.4. The fourth-order valence-electron chi connectivity index (χ4n) is 2.95. The normalized spacial score (nSPS) is 15.2. The Hall–Kier alpha value is -2.46. The second-order valence-corrected chi connectivity index (χ2v) is 15.9. The molecule has 262 valence electrons. The third-order valence-electron chi connectivity index (χ3n) is 5.42. The zero-order chi connectivity index (χ0) is 36.5. The van der Waals surface area contributed by atoms with Crippen LogP contribution in [0.15, 0.2) is 57.2 Å². The maximum atomic E-state index is 14.4. The quantitative estimate of drug-likeness (QED) is 0.232. The summed E-state index contributed by atoms with van der Waals surface area (Å²) in [5, 5.41) is -16.9. The minimum atomic E-state index is -8.74. The lowest BCUT2D eigenvalue weighted by Crippen LogP contribution is -2.73. The number of rotatable bonds is 12. The van der Waals surface area contributed by atoms with Crippen LogP contribution in [0.3, 0.4) is 0 Å². The Morgan fingerprint density at radius 3 is 1.39 bits per heavy atom. The molecule has 0 saturated carbocycles. The molecular formula is C18H9ClF13NO9S4. The number of sulfone groups is 1. The highest BCUT2D eigenvalue weighted by Gasteiger charge is 2.93. The molecule has 2 N–H and O–H groups in total. The van der Waals surface area contributed by atoms with E-state index in [-0.39, 0.29) is 34.5 Å². The van der Waals surface area contributed by atoms with Gasteiger partial charge < -0.3 is 0 Å². The van der Waals surface area contributed by atoms with Gasteiger partial charge in [-0.15, -0.1) is 0 Å². The van der Waals surface area contributed by atoms with Gasteiger partial charge in [-0.2, -0.15) is 61.1 Å². The van der Waals surface area contributed by atoms with Crippen LogP contribution in [0.1, 0.15) is 0 Å². The van der Waals surface area contributed by atoms with Gasteiger partial charge in [-0.25, -0.2) is 29.6 Å². The first-order chi connectivity index (χ1) is 20.1. The Morgan fingerprint density at radius 1 is 0.587 bits per heavy atom. The molecule has 0 spiro atoms. The average Bonchev–Trinajstić information content (AvgIpc) is 2.88. The van der Waals surface area contributed by atoms with Gasteiger partial charge in [0.05, 0.1) is 9.79 Å². The van der Waals surface area contributed by atoms with Crippen molar-refractivity contribution < 1.29 is 95.3 Å². The fraction of sp³-hybridized carbons (Fsp3) is 0.333. The van der Waals surface area contributed by atoms with E-state index in [9.17, 15) is 90.7 Å². The Labute approximate surface area is 252 Å². The van der Waals surface area contributed by atoms with Gasteiger partial charge in [-0.3, -0.25) is 4.55 Å². The van der Waals surface area contributed by atoms with Crippen molar-refractivity contribution in [2.24, 2.45) is 0 Å². The van der Waals surface area contributed by atoms with E-state index < -0.39 is 106 Å². The summed E-state index contributed by atoms with van der Waals surface area (Å²) < 4.78 is 288. The van der Waals surface area contributed by atoms with Crippen molar-refractivity contribution in [3.05, 3.63) is 53.3 Å². The van der Waals surface area contributed by atoms with E-state index in [0.29, 0.717) is 6.07 Å². The highest BCUT2D eigenvalue weighted by molar-refractivity contribution is 8.05. The van der Waals surface area contributed by atoms with Crippen LogP contribution in [0.5, 0.6) is 0 Å². The Bertz CT molecular complexity index is 1970. The van der Waals surface area contributed by atoms with E-state index in [0.717, 1.165) is 0 Å². The van der Waals surface area contributed by atoms with Crippen LogP contribution in [0.4, 0.5) is 57.1 Å². The largest absolute Gasteiger partial charge is 0.428 e. The van der Waals surface area contributed by atoms with E-state index in [1.165, 1.54) is 0 Å². The molecule has 0 radical (unpaired) electrons. The van der Waals surface area contributed by atoms with E-state index >= 15 is 0 Å². The minimum Gasteiger partial charge on any atom is -0.282 e. The van der Waals surface area contributed by atoms with Crippen LogP contribution in [0, 0.1) is 5.82 Å². The predicted molar refractivity (Wildman–Crippen MR) is 124 cm³/mol. The van der Waals surface area contributed by atoms with Crippen LogP contribution in [0.25, 0.3) is 0 Å². The Kier molecular flexibility index (Phi) is 9.77. The highest BCUT2D eigenvalue weighted by atomic mass is 35.5. The summed E-state index contributed by atoms with van der Waals surface area (Å²) in [6, 6.07) is -0.0878. The van der Waals surface area contributed by atoms with Gasteiger partial charge in [-0.05, 0) is 42.5 Å². The molecule has 0 fully saturated rings. The van der Waals surface area contributed by atoms with Gasteiger partial charge in [0.1, 0.15) is 10.7 Å². The molecule has 0 heterocycles. The van der Waals surface area contributed by atoms with E-state index in [2.05, 4.69) is 0 Å². The van der Waals surface area contributed by atoms with E-state index in [1.807, 2.05) is 0 Å². The highest BCUT2D eigenvalue weighted by Crippen LogP contribution is 2.62. The minimum absolute atomic E-state index is 0.0359. The summed E-state index contributed by atoms with van der Waals surface area (Å²) in [7, 11) is -27.2. The lowest BCUT2D eigenvalue weighted by Gasteiger charge is -2.40. The molecule has 2 rings (SSSR count). The van der Waals surface area contributed by atoms with Crippen LogP contribution in [0.2, 0.25) is 5.02 Å². The van der Waals surface area contributed by atoms with Gasteiger partial charge in [-0.1, -0.05) is 15.7 Å². The molecule has 0 aliphatic rings. The van der Waals surface area contributed by atoms with Gasteiger partial charge in [0.15, 0.2) is 0 Å². The zero-order valence-electron chi connectivity index (χ0n) is 20.7. The van der Waals surface area contributed by atoms with Crippen molar-refractivity contribution in [1.82, 2.24) is 4.13 Å². The number of alkyl halides is 12. The van der Waals surface area contributed by atoms with Crippen LogP contribution in [-0.2, 0) is 40.0 Å². The molecule has 10 nitrogen and oxygen atoms in total. The van der Waals surface area contributed by atoms with Crippen molar-refractivity contribution >= 4 is 51.6 Å². The first-order valence-electron chi connectivity index (χ1n) is 10.4. The summed E-state index contributed by atoms with van der Waals surface area (Å²) >= 11 is 5.16. The number of halogens is 14. The molecule has 0 bridgehead atoms. The first-order valence-corrected chi connectivity index (χ1v) is 16.7. The molecule has 0 saturated heterocycles. The van der Waals surface area contributed by atoms with Crippen molar-refractivity contribution in [3.63, 3.8) is 0 Å². The standard InChI is InChI=1S/C18H9ClF13NO9S4/c19-8-1-6-11(20)12(7-8)43(34,35)17(29,30)15(25,26)13(21,22)14(23,24)16(27,28)18(31,32)46(41,42)33-44(36,37)9-2-4-10(5-3-9)45(38,39)40/h1-7,33H,(H,38,39,40). The number of benzene rings is 2. The average molecular weight is 794 g/mol. The molecule has 28 heteroatoms. The number of sulfonamides is 2. The summed E-state index contributed by atoms with van der Waals surface area (Å²) in [6.07, 6.45) is 0. The Morgan fingerprint density at radius 2 is 0.978 bits per heavy atom. The second kappa shape index (κ2) is 11.3. The molecule has 0 atom stereocenters. The molecular weight excluding hydrogens is 785 g/mol. The molecule has 46 heavy (non-hydrogen) atoms. The fourth-order valence-corrected chi connectivity index (χ4v) is 7.94. The van der Waals surface area contributed by atoms with Crippen molar-refractivity contribution in [3.8, 4) is 0 Å². The topological polar surface area (TPSA) is 169 Å². The lowest BCUT2D eigenvalue weighted by molar-refractivity contribution is -0.407. The smallest absolute Gasteiger partial charge is 0.282 e. The predicted octanol–water partition coefficient (Wildman–Crippen LogP) is 4.53. The SMILES string of the molecule is O=S(=O)(O)c1ccc(S(=O)(=O)NS(=O)(=O)C(F)(F)C(F)(F)C(F)(F)C(F)(F)C(F)(F)C(F)(F)S(=O)(=O)c2cc(Cl)ccc2F)cc1. The summed E-state index contributed by atoms with van der Waals surface area (Å²) in [6.45, 7) is 0. The van der Waals surface area contributed by atoms with Gasteiger partial charge in [0.2, 0.25) is 0 Å². The Balaban J connectivity index is 2.66. The monoisotopic (exact) mass is 793 g/mol. The maximum Gasteiger partial charge on any atom is 0.428 e. The first kappa shape index (κ1) is 39.7. The van der Waals surface area contributed by atoms with Gasteiger partial charge >= 0.3 is 34.2 Å². The summed E-state index contributed by atoms with van der Waals surface area (Å²) in [4.78, 5) is -5.56. The molecule has 2 aromatic rings. The zero-order valence-corrected chi connectivity index (χ0v) is 24.7. The number of hydrogen-bond donors (Lipinski definition) is 2. The van der Waals surface area contributed by atoms with Crippen LogP contribution < -0.4 is 4.13 Å². The van der Waals surface area contributed by atoms with Crippen molar-refractivity contribution in [2.45, 2.75) is 48.9 Å². The summed E-state index contributed by atoms with van der Waals surface area (Å²) in [5.41, 5.74) is 0. The van der Waals surface area contributed by atoms with Gasteiger partial charge in [0.25, 0.3) is 40.0 Å². The molecule has 0 amide bonds. The van der Waals surface area contributed by atoms with Gasteiger partial charge in [0, 0.05) is 5.02 Å². The number of nitrogens with one attached hydrogen (secondary N) is 1. The summed E-state index contributed by atoms with van der Waals surface area (Å²) in [5.74, 6) is -36.9.